The quantitative estimate of drug-likeness (QED) is 0.848. The van der Waals surface area contributed by atoms with Crippen LogP contribution in [0, 0.1) is 11.8 Å². The summed E-state index contributed by atoms with van der Waals surface area (Å²) in [4.78, 5) is 13.4. The van der Waals surface area contributed by atoms with E-state index in [0.717, 1.165) is 29.5 Å². The molecule has 0 spiro atoms. The average Bonchev–Trinajstić information content (AvgIpc) is 2.83. The number of aromatic nitrogens is 2. The van der Waals surface area contributed by atoms with Crippen molar-refractivity contribution in [2.45, 2.75) is 33.6 Å². The van der Waals surface area contributed by atoms with Gasteiger partial charge in [0.15, 0.2) is 0 Å². The Hall–Kier alpha value is -2.13. The van der Waals surface area contributed by atoms with E-state index in [-0.39, 0.29) is 5.91 Å². The van der Waals surface area contributed by atoms with Crippen molar-refractivity contribution in [2.75, 3.05) is 12.3 Å². The highest BCUT2D eigenvalue weighted by atomic mass is 32.1. The van der Waals surface area contributed by atoms with Crippen molar-refractivity contribution in [3.05, 3.63) is 16.1 Å². The lowest BCUT2D eigenvalue weighted by molar-refractivity contribution is 0.0963. The molecule has 110 valence electrons. The summed E-state index contributed by atoms with van der Waals surface area (Å²) in [5.41, 5.74) is 8.72. The van der Waals surface area contributed by atoms with E-state index in [4.69, 9.17) is 5.73 Å². The summed E-state index contributed by atoms with van der Waals surface area (Å²) in [5, 5.41) is 12.1. The molecule has 0 fully saturated rings. The molecular weight excluding hydrogens is 284 g/mol. The van der Waals surface area contributed by atoms with Gasteiger partial charge >= 0.3 is 0 Å². The Kier molecular flexibility index (Phi) is 4.76. The molecule has 0 saturated carbocycles. The van der Waals surface area contributed by atoms with Crippen molar-refractivity contribution in [3.8, 4) is 11.8 Å². The lowest BCUT2D eigenvalue weighted by Crippen LogP contribution is -2.23. The second kappa shape index (κ2) is 6.55. The van der Waals surface area contributed by atoms with Crippen molar-refractivity contribution in [2.24, 2.45) is 0 Å². The zero-order valence-corrected chi connectivity index (χ0v) is 13.2. The molecule has 0 aliphatic carbocycles. The van der Waals surface area contributed by atoms with Gasteiger partial charge in [0.25, 0.3) is 5.91 Å². The maximum atomic E-state index is 12.2. The maximum absolute atomic E-state index is 12.2. The van der Waals surface area contributed by atoms with Gasteiger partial charge in [-0.3, -0.25) is 4.79 Å². The minimum atomic E-state index is -0.210. The number of thiophene rings is 1. The predicted octanol–water partition coefficient (Wildman–Crippen LogP) is 2.15. The van der Waals surface area contributed by atoms with E-state index in [0.29, 0.717) is 21.9 Å². The van der Waals surface area contributed by atoms with Gasteiger partial charge in [-0.15, -0.1) is 22.4 Å². The lowest BCUT2D eigenvalue weighted by Gasteiger charge is -2.06. The molecule has 2 aromatic heterocycles. The first-order valence-corrected chi connectivity index (χ1v) is 7.69. The Balaban J connectivity index is 2.50. The van der Waals surface area contributed by atoms with E-state index in [9.17, 15) is 4.79 Å². The van der Waals surface area contributed by atoms with Crippen LogP contribution in [0.1, 0.15) is 41.7 Å². The van der Waals surface area contributed by atoms with Crippen LogP contribution in [0.5, 0.6) is 0 Å². The van der Waals surface area contributed by atoms with E-state index >= 15 is 0 Å². The number of anilines is 1. The summed E-state index contributed by atoms with van der Waals surface area (Å²) in [7, 11) is 0. The Morgan fingerprint density at radius 1 is 1.33 bits per heavy atom. The van der Waals surface area contributed by atoms with Gasteiger partial charge in [-0.1, -0.05) is 19.8 Å². The van der Waals surface area contributed by atoms with Gasteiger partial charge < -0.3 is 11.1 Å². The van der Waals surface area contributed by atoms with Gasteiger partial charge in [0.1, 0.15) is 9.71 Å². The molecule has 6 heteroatoms. The van der Waals surface area contributed by atoms with E-state index in [1.165, 1.54) is 11.3 Å². The summed E-state index contributed by atoms with van der Waals surface area (Å²) >= 11 is 1.28. The Labute approximate surface area is 127 Å². The number of nitrogens with two attached hydrogens (primary N) is 1. The average molecular weight is 302 g/mol. The first-order valence-electron chi connectivity index (χ1n) is 6.88. The highest BCUT2D eigenvalue weighted by molar-refractivity contribution is 7.21. The number of aryl methyl sites for hydroxylation is 2. The fraction of sp³-hybridized carbons (Fsp3) is 0.400. The van der Waals surface area contributed by atoms with Gasteiger partial charge in [-0.2, -0.15) is 5.10 Å². The summed E-state index contributed by atoms with van der Waals surface area (Å²) < 4.78 is 0. The molecule has 1 amide bonds. The van der Waals surface area contributed by atoms with Gasteiger partial charge in [0, 0.05) is 5.39 Å². The van der Waals surface area contributed by atoms with Crippen molar-refractivity contribution in [1.82, 2.24) is 15.5 Å². The number of nitrogens with one attached hydrogen (secondary N) is 1. The number of carbonyl (C=O) groups is 1. The molecule has 0 radical (unpaired) electrons. The molecule has 0 bridgehead atoms. The topological polar surface area (TPSA) is 80.9 Å². The zero-order chi connectivity index (χ0) is 15.4. The van der Waals surface area contributed by atoms with Gasteiger partial charge in [0.05, 0.1) is 17.9 Å². The largest absolute Gasteiger partial charge is 0.397 e. The molecular formula is C15H18N4OS. The first kappa shape index (κ1) is 15.3. The van der Waals surface area contributed by atoms with Crippen LogP contribution in [0.15, 0.2) is 0 Å². The van der Waals surface area contributed by atoms with Crippen LogP contribution >= 0.6 is 11.3 Å². The Morgan fingerprint density at radius 2 is 2.10 bits per heavy atom. The minimum absolute atomic E-state index is 0.210. The Morgan fingerprint density at radius 3 is 2.71 bits per heavy atom. The van der Waals surface area contributed by atoms with Crippen molar-refractivity contribution in [1.29, 1.82) is 0 Å². The van der Waals surface area contributed by atoms with Crippen LogP contribution in [-0.2, 0) is 12.8 Å². The summed E-state index contributed by atoms with van der Waals surface area (Å²) in [6.45, 7) is 6.14. The summed E-state index contributed by atoms with van der Waals surface area (Å²) in [6.07, 6.45) is 1.62. The second-order valence-corrected chi connectivity index (χ2v) is 5.47. The van der Waals surface area contributed by atoms with E-state index in [1.54, 1.807) is 6.92 Å². The fourth-order valence-electron chi connectivity index (χ4n) is 2.23. The van der Waals surface area contributed by atoms with Crippen LogP contribution in [-0.4, -0.2) is 22.6 Å². The van der Waals surface area contributed by atoms with Crippen LogP contribution < -0.4 is 11.1 Å². The molecule has 0 aliphatic heterocycles. The van der Waals surface area contributed by atoms with Gasteiger partial charge in [-0.05, 0) is 25.3 Å². The molecule has 21 heavy (non-hydrogen) atoms. The molecule has 2 aromatic rings. The molecule has 2 rings (SSSR count). The third-order valence-corrected chi connectivity index (χ3v) is 4.34. The third-order valence-electron chi connectivity index (χ3n) is 3.25. The second-order valence-electron chi connectivity index (χ2n) is 4.47. The van der Waals surface area contributed by atoms with Gasteiger partial charge in [-0.25, -0.2) is 0 Å². The smallest absolute Gasteiger partial charge is 0.264 e. The SMILES string of the molecule is CC#CCNC(=O)c1sc2nnc(CC)c(CC)c2c1N. The molecule has 5 nitrogen and oxygen atoms in total. The van der Waals surface area contributed by atoms with E-state index < -0.39 is 0 Å². The molecule has 0 saturated heterocycles. The van der Waals surface area contributed by atoms with E-state index in [1.807, 2.05) is 6.92 Å². The molecule has 3 N–H and O–H groups in total. The number of carbonyl (C=O) groups excluding carboxylic acids is 1. The molecule has 0 atom stereocenters. The van der Waals surface area contributed by atoms with Crippen LogP contribution in [0.3, 0.4) is 0 Å². The van der Waals surface area contributed by atoms with Crippen LogP contribution in [0.4, 0.5) is 5.69 Å². The number of fused-ring (bicyclic) bond motifs is 1. The van der Waals surface area contributed by atoms with Crippen molar-refractivity contribution in [3.63, 3.8) is 0 Å². The van der Waals surface area contributed by atoms with Crippen molar-refractivity contribution >= 4 is 33.1 Å². The highest BCUT2D eigenvalue weighted by Gasteiger charge is 2.20. The maximum Gasteiger partial charge on any atom is 0.264 e. The first-order chi connectivity index (χ1) is 10.1. The number of amides is 1. The standard InChI is InChI=1S/C15H18N4OS/c1-4-7-8-17-14(20)13-12(16)11-9(5-2)10(6-3)18-19-15(11)21-13/h5-6,8,16H2,1-3H3,(H,17,20). The molecule has 2 heterocycles. The number of hydrogen-bond acceptors (Lipinski definition) is 5. The van der Waals surface area contributed by atoms with Crippen LogP contribution in [0.2, 0.25) is 0 Å². The fourth-order valence-corrected chi connectivity index (χ4v) is 3.22. The normalized spacial score (nSPS) is 10.2. The number of rotatable bonds is 4. The van der Waals surface area contributed by atoms with Crippen molar-refractivity contribution < 1.29 is 4.79 Å². The monoisotopic (exact) mass is 302 g/mol. The summed E-state index contributed by atoms with van der Waals surface area (Å²) in [5.74, 6) is 5.32. The number of hydrogen-bond donors (Lipinski definition) is 2. The zero-order valence-electron chi connectivity index (χ0n) is 12.4. The molecule has 0 aromatic carbocycles. The van der Waals surface area contributed by atoms with Crippen LogP contribution in [0.25, 0.3) is 10.2 Å². The third kappa shape index (κ3) is 2.83. The number of nitrogen functional groups attached to an aromatic ring is 1. The predicted molar refractivity (Wildman–Crippen MR) is 86.4 cm³/mol. The molecule has 0 unspecified atom stereocenters. The number of nitrogens with zero attached hydrogens (tertiary/aromatic N) is 2. The minimum Gasteiger partial charge on any atom is -0.397 e. The summed E-state index contributed by atoms with van der Waals surface area (Å²) in [6, 6.07) is 0. The van der Waals surface area contributed by atoms with E-state index in [2.05, 4.69) is 34.3 Å². The Bertz CT molecular complexity index is 739. The van der Waals surface area contributed by atoms with Gasteiger partial charge in [0.2, 0.25) is 0 Å². The highest BCUT2D eigenvalue weighted by Crippen LogP contribution is 2.35. The lowest BCUT2D eigenvalue weighted by atomic mass is 10.1. The molecule has 0 aliphatic rings.